The summed E-state index contributed by atoms with van der Waals surface area (Å²) in [5.41, 5.74) is 1.16. The summed E-state index contributed by atoms with van der Waals surface area (Å²) in [7, 11) is 8.05. The molecule has 0 aromatic heterocycles. The lowest BCUT2D eigenvalue weighted by Gasteiger charge is -2.23. The van der Waals surface area contributed by atoms with Gasteiger partial charge in [0.25, 0.3) is 0 Å². The Bertz CT molecular complexity index is 473. The first-order chi connectivity index (χ1) is 10.1. The maximum Gasteiger partial charge on any atom is 0.195 e. The lowest BCUT2D eigenvalue weighted by molar-refractivity contribution is 0.208. The Hall–Kier alpha value is -0.980. The van der Waals surface area contributed by atoms with Crippen molar-refractivity contribution in [2.75, 3.05) is 28.2 Å². The summed E-state index contributed by atoms with van der Waals surface area (Å²) in [6.07, 6.45) is 5.32. The lowest BCUT2D eigenvalue weighted by Crippen LogP contribution is -2.35. The van der Waals surface area contributed by atoms with E-state index in [1.807, 2.05) is 44.1 Å². The number of hydrogen-bond donors (Lipinski definition) is 0. The molecule has 22 heavy (non-hydrogen) atoms. The second kappa shape index (κ2) is 9.22. The molecular formula is C17H28IN3O. The summed E-state index contributed by atoms with van der Waals surface area (Å²) in [5.74, 6) is 1.95. The number of benzene rings is 1. The molecule has 0 heterocycles. The minimum atomic E-state index is 0. The molecule has 4 nitrogen and oxygen atoms in total. The van der Waals surface area contributed by atoms with Gasteiger partial charge in [-0.05, 0) is 31.7 Å². The van der Waals surface area contributed by atoms with Crippen molar-refractivity contribution in [3.63, 3.8) is 0 Å². The van der Waals surface area contributed by atoms with Crippen molar-refractivity contribution in [2.24, 2.45) is 4.99 Å². The lowest BCUT2D eigenvalue weighted by atomic mass is 10.2. The van der Waals surface area contributed by atoms with Gasteiger partial charge >= 0.3 is 0 Å². The van der Waals surface area contributed by atoms with Gasteiger partial charge in [-0.15, -0.1) is 24.0 Å². The Morgan fingerprint density at radius 1 is 1.09 bits per heavy atom. The SMILES string of the molecule is CN(C)C(=NCc1ccccc1OC1CCCC1)N(C)C.I. The van der Waals surface area contributed by atoms with E-state index in [-0.39, 0.29) is 24.0 Å². The highest BCUT2D eigenvalue weighted by Gasteiger charge is 2.17. The molecule has 0 radical (unpaired) electrons. The van der Waals surface area contributed by atoms with Crippen LogP contribution < -0.4 is 4.74 Å². The first-order valence-corrected chi connectivity index (χ1v) is 7.71. The van der Waals surface area contributed by atoms with E-state index in [1.54, 1.807) is 0 Å². The van der Waals surface area contributed by atoms with Crippen LogP contribution in [0.15, 0.2) is 29.3 Å². The molecule has 0 saturated heterocycles. The van der Waals surface area contributed by atoms with Gasteiger partial charge in [-0.3, -0.25) is 0 Å². The van der Waals surface area contributed by atoms with Gasteiger partial charge in [0.2, 0.25) is 0 Å². The Balaban J connectivity index is 0.00000242. The molecule has 0 bridgehead atoms. The Kier molecular flexibility index (Phi) is 8.00. The molecule has 0 spiro atoms. The molecule has 0 N–H and O–H groups in total. The maximum atomic E-state index is 6.16. The minimum absolute atomic E-state index is 0. The van der Waals surface area contributed by atoms with E-state index in [9.17, 15) is 0 Å². The smallest absolute Gasteiger partial charge is 0.195 e. The van der Waals surface area contributed by atoms with Gasteiger partial charge in [0, 0.05) is 33.8 Å². The summed E-state index contributed by atoms with van der Waals surface area (Å²) in [5, 5.41) is 0. The van der Waals surface area contributed by atoms with Crippen molar-refractivity contribution < 1.29 is 4.74 Å². The molecule has 2 rings (SSSR count). The molecule has 124 valence electrons. The summed E-state index contributed by atoms with van der Waals surface area (Å²) in [4.78, 5) is 8.77. The van der Waals surface area contributed by atoms with Crippen LogP contribution in [0.25, 0.3) is 0 Å². The molecule has 1 aliphatic rings. The predicted octanol–water partition coefficient (Wildman–Crippen LogP) is 3.61. The second-order valence-corrected chi connectivity index (χ2v) is 6.04. The molecule has 0 aliphatic heterocycles. The summed E-state index contributed by atoms with van der Waals surface area (Å²) >= 11 is 0. The molecular weight excluding hydrogens is 389 g/mol. The molecule has 1 saturated carbocycles. The number of ether oxygens (including phenoxy) is 1. The van der Waals surface area contributed by atoms with E-state index in [0.29, 0.717) is 12.6 Å². The molecule has 0 atom stereocenters. The van der Waals surface area contributed by atoms with Crippen LogP contribution >= 0.6 is 24.0 Å². The third kappa shape index (κ3) is 5.34. The molecule has 0 amide bonds. The topological polar surface area (TPSA) is 28.1 Å². The zero-order valence-electron chi connectivity index (χ0n) is 14.1. The zero-order valence-corrected chi connectivity index (χ0v) is 16.4. The van der Waals surface area contributed by atoms with Gasteiger partial charge in [0.1, 0.15) is 5.75 Å². The van der Waals surface area contributed by atoms with E-state index in [0.717, 1.165) is 17.3 Å². The molecule has 0 unspecified atom stereocenters. The highest BCUT2D eigenvalue weighted by Crippen LogP contribution is 2.27. The molecule has 1 aliphatic carbocycles. The number of halogens is 1. The largest absolute Gasteiger partial charge is 0.490 e. The highest BCUT2D eigenvalue weighted by atomic mass is 127. The van der Waals surface area contributed by atoms with Crippen LogP contribution in [0.1, 0.15) is 31.2 Å². The normalized spacial score (nSPS) is 14.2. The van der Waals surface area contributed by atoms with E-state index in [2.05, 4.69) is 18.2 Å². The van der Waals surface area contributed by atoms with E-state index in [4.69, 9.17) is 9.73 Å². The van der Waals surface area contributed by atoms with Crippen molar-refractivity contribution in [1.29, 1.82) is 0 Å². The van der Waals surface area contributed by atoms with Crippen molar-refractivity contribution in [2.45, 2.75) is 38.3 Å². The zero-order chi connectivity index (χ0) is 15.2. The fraction of sp³-hybridized carbons (Fsp3) is 0.588. The van der Waals surface area contributed by atoms with Crippen molar-refractivity contribution in [3.05, 3.63) is 29.8 Å². The highest BCUT2D eigenvalue weighted by molar-refractivity contribution is 14.0. The average Bonchev–Trinajstić information content (AvgIpc) is 2.93. The minimum Gasteiger partial charge on any atom is -0.490 e. The quantitative estimate of drug-likeness (QED) is 0.426. The van der Waals surface area contributed by atoms with E-state index >= 15 is 0 Å². The van der Waals surface area contributed by atoms with Crippen LogP contribution in [0, 0.1) is 0 Å². The van der Waals surface area contributed by atoms with Gasteiger partial charge in [-0.25, -0.2) is 4.99 Å². The average molecular weight is 417 g/mol. The first-order valence-electron chi connectivity index (χ1n) is 7.71. The van der Waals surface area contributed by atoms with Gasteiger partial charge in [0.15, 0.2) is 5.96 Å². The van der Waals surface area contributed by atoms with Gasteiger partial charge in [-0.1, -0.05) is 18.2 Å². The van der Waals surface area contributed by atoms with Crippen LogP contribution in [0.4, 0.5) is 0 Å². The summed E-state index contributed by atoms with van der Waals surface area (Å²) < 4.78 is 6.16. The van der Waals surface area contributed by atoms with Crippen LogP contribution in [0.3, 0.4) is 0 Å². The Morgan fingerprint density at radius 2 is 1.68 bits per heavy atom. The number of para-hydroxylation sites is 1. The summed E-state index contributed by atoms with van der Waals surface area (Å²) in [6, 6.07) is 8.26. The Labute approximate surface area is 151 Å². The molecule has 1 aromatic rings. The predicted molar refractivity (Wildman–Crippen MR) is 103 cm³/mol. The van der Waals surface area contributed by atoms with E-state index in [1.165, 1.54) is 25.7 Å². The van der Waals surface area contributed by atoms with E-state index < -0.39 is 0 Å². The Morgan fingerprint density at radius 3 is 2.27 bits per heavy atom. The fourth-order valence-electron chi connectivity index (χ4n) is 2.77. The van der Waals surface area contributed by atoms with Gasteiger partial charge in [-0.2, -0.15) is 0 Å². The van der Waals surface area contributed by atoms with Crippen LogP contribution in [0.2, 0.25) is 0 Å². The monoisotopic (exact) mass is 417 g/mol. The first kappa shape index (κ1) is 19.1. The van der Waals surface area contributed by atoms with Crippen LogP contribution in [0.5, 0.6) is 5.75 Å². The van der Waals surface area contributed by atoms with Gasteiger partial charge < -0.3 is 14.5 Å². The van der Waals surface area contributed by atoms with Crippen molar-refractivity contribution in [3.8, 4) is 5.75 Å². The molecule has 5 heteroatoms. The van der Waals surface area contributed by atoms with Crippen molar-refractivity contribution in [1.82, 2.24) is 9.80 Å². The van der Waals surface area contributed by atoms with Crippen LogP contribution in [-0.4, -0.2) is 50.1 Å². The number of guanidine groups is 1. The third-order valence-electron chi connectivity index (χ3n) is 3.76. The molecule has 1 fully saturated rings. The van der Waals surface area contributed by atoms with Crippen molar-refractivity contribution >= 4 is 29.9 Å². The summed E-state index contributed by atoms with van der Waals surface area (Å²) in [6.45, 7) is 0.647. The number of aliphatic imine (C=N–C) groups is 1. The second-order valence-electron chi connectivity index (χ2n) is 6.04. The number of rotatable bonds is 4. The fourth-order valence-corrected chi connectivity index (χ4v) is 2.77. The standard InChI is InChI=1S/C17H27N3O.HI/c1-19(2)17(20(3)4)18-13-14-9-5-8-12-16(14)21-15-10-6-7-11-15;/h5,8-9,12,15H,6-7,10-11,13H2,1-4H3;1H. The maximum absolute atomic E-state index is 6.16. The van der Waals surface area contributed by atoms with Crippen LogP contribution in [-0.2, 0) is 6.54 Å². The molecule has 1 aromatic carbocycles. The number of hydrogen-bond acceptors (Lipinski definition) is 2. The number of nitrogens with zero attached hydrogens (tertiary/aromatic N) is 3. The third-order valence-corrected chi connectivity index (χ3v) is 3.76. The van der Waals surface area contributed by atoms with Gasteiger partial charge in [0.05, 0.1) is 12.6 Å².